The Morgan fingerprint density at radius 3 is 2.43 bits per heavy atom. The van der Waals surface area contributed by atoms with Gasteiger partial charge in [0.15, 0.2) is 0 Å². The second-order valence-electron chi connectivity index (χ2n) is 7.97. The van der Waals surface area contributed by atoms with Gasteiger partial charge in [0, 0.05) is 30.0 Å². The van der Waals surface area contributed by atoms with Crippen molar-refractivity contribution >= 4 is 17.3 Å². The molecule has 154 valence electrons. The van der Waals surface area contributed by atoms with Gasteiger partial charge in [-0.3, -0.25) is 4.79 Å². The molecule has 0 radical (unpaired) electrons. The summed E-state index contributed by atoms with van der Waals surface area (Å²) in [5.41, 5.74) is 3.69. The van der Waals surface area contributed by atoms with Crippen LogP contribution in [0.1, 0.15) is 35.7 Å². The molecule has 1 saturated heterocycles. The number of benzene rings is 3. The van der Waals surface area contributed by atoms with E-state index in [9.17, 15) is 4.79 Å². The predicted molar refractivity (Wildman–Crippen MR) is 122 cm³/mol. The third-order valence-corrected chi connectivity index (χ3v) is 5.62. The minimum Gasteiger partial charge on any atom is -0.489 e. The lowest BCUT2D eigenvalue weighted by Crippen LogP contribution is -2.32. The third kappa shape index (κ3) is 5.20. The van der Waals surface area contributed by atoms with Crippen LogP contribution < -0.4 is 15.0 Å². The normalized spacial score (nSPS) is 14.4. The van der Waals surface area contributed by atoms with Crippen molar-refractivity contribution in [1.82, 2.24) is 0 Å². The van der Waals surface area contributed by atoms with Gasteiger partial charge >= 0.3 is 0 Å². The van der Waals surface area contributed by atoms with E-state index in [-0.39, 0.29) is 5.91 Å². The molecule has 1 N–H and O–H groups in total. The molecule has 1 heterocycles. The Morgan fingerprint density at radius 1 is 0.967 bits per heavy atom. The van der Waals surface area contributed by atoms with E-state index >= 15 is 0 Å². The lowest BCUT2D eigenvalue weighted by atomic mass is 9.99. The van der Waals surface area contributed by atoms with Crippen LogP contribution in [0.25, 0.3) is 0 Å². The van der Waals surface area contributed by atoms with Crippen molar-refractivity contribution in [3.63, 3.8) is 0 Å². The molecule has 30 heavy (non-hydrogen) atoms. The Bertz CT molecular complexity index is 962. The summed E-state index contributed by atoms with van der Waals surface area (Å²) < 4.78 is 5.84. The molecule has 4 nitrogen and oxygen atoms in total. The Labute approximate surface area is 178 Å². The average molecular weight is 401 g/mol. The smallest absolute Gasteiger partial charge is 0.255 e. The molecule has 0 atom stereocenters. The minimum absolute atomic E-state index is 0.139. The summed E-state index contributed by atoms with van der Waals surface area (Å²) in [7, 11) is 0. The molecule has 0 spiro atoms. The van der Waals surface area contributed by atoms with Crippen LogP contribution in [-0.4, -0.2) is 19.0 Å². The van der Waals surface area contributed by atoms with Crippen molar-refractivity contribution in [2.24, 2.45) is 5.92 Å². The Hall–Kier alpha value is -3.27. The van der Waals surface area contributed by atoms with E-state index in [0.717, 1.165) is 30.3 Å². The summed E-state index contributed by atoms with van der Waals surface area (Å²) >= 11 is 0. The summed E-state index contributed by atoms with van der Waals surface area (Å²) in [6, 6.07) is 25.4. The van der Waals surface area contributed by atoms with E-state index in [1.54, 1.807) is 12.1 Å². The molecular formula is C26H28N2O2. The number of piperidine rings is 1. The van der Waals surface area contributed by atoms with Crippen LogP contribution in [0.4, 0.5) is 11.4 Å². The van der Waals surface area contributed by atoms with Crippen LogP contribution in [-0.2, 0) is 6.61 Å². The number of hydrogen-bond donors (Lipinski definition) is 1. The molecule has 1 amide bonds. The van der Waals surface area contributed by atoms with Gasteiger partial charge in [0.05, 0.1) is 0 Å². The lowest BCUT2D eigenvalue weighted by molar-refractivity contribution is 0.102. The van der Waals surface area contributed by atoms with Crippen molar-refractivity contribution in [3.8, 4) is 5.75 Å². The van der Waals surface area contributed by atoms with Gasteiger partial charge < -0.3 is 15.0 Å². The molecule has 3 aromatic carbocycles. The van der Waals surface area contributed by atoms with Gasteiger partial charge in [0.25, 0.3) is 5.91 Å². The van der Waals surface area contributed by atoms with E-state index in [1.165, 1.54) is 18.5 Å². The Balaban J connectivity index is 1.35. The number of carbonyl (C=O) groups excluding carboxylic acids is 1. The first-order chi connectivity index (χ1) is 14.7. The molecule has 1 aliphatic heterocycles. The lowest BCUT2D eigenvalue weighted by Gasteiger charge is -2.32. The highest BCUT2D eigenvalue weighted by Crippen LogP contribution is 2.24. The third-order valence-electron chi connectivity index (χ3n) is 5.62. The van der Waals surface area contributed by atoms with Gasteiger partial charge in [0.2, 0.25) is 0 Å². The summed E-state index contributed by atoms with van der Waals surface area (Å²) in [5, 5.41) is 2.98. The first-order valence-electron chi connectivity index (χ1n) is 10.6. The largest absolute Gasteiger partial charge is 0.489 e. The van der Waals surface area contributed by atoms with Crippen molar-refractivity contribution in [1.29, 1.82) is 0 Å². The molecule has 0 saturated carbocycles. The van der Waals surface area contributed by atoms with E-state index in [0.29, 0.717) is 17.9 Å². The van der Waals surface area contributed by atoms with Crippen molar-refractivity contribution in [2.75, 3.05) is 23.3 Å². The highest BCUT2D eigenvalue weighted by Gasteiger charge is 2.16. The zero-order valence-corrected chi connectivity index (χ0v) is 17.4. The van der Waals surface area contributed by atoms with Crippen molar-refractivity contribution in [3.05, 3.63) is 90.0 Å². The second kappa shape index (κ2) is 9.49. The molecule has 0 bridgehead atoms. The molecule has 4 heteroatoms. The maximum atomic E-state index is 12.7. The fraction of sp³-hybridized carbons (Fsp3) is 0.269. The Morgan fingerprint density at radius 2 is 1.70 bits per heavy atom. The maximum Gasteiger partial charge on any atom is 0.255 e. The molecule has 4 rings (SSSR count). The predicted octanol–water partition coefficient (Wildman–Crippen LogP) is 5.75. The summed E-state index contributed by atoms with van der Waals surface area (Å²) in [6.07, 6.45) is 2.47. The molecule has 0 unspecified atom stereocenters. The van der Waals surface area contributed by atoms with Crippen LogP contribution in [0.15, 0.2) is 78.9 Å². The monoisotopic (exact) mass is 400 g/mol. The second-order valence-corrected chi connectivity index (χ2v) is 7.97. The number of hydrogen-bond acceptors (Lipinski definition) is 3. The number of nitrogens with one attached hydrogen (secondary N) is 1. The number of ether oxygens (including phenoxy) is 1. The standard InChI is InChI=1S/C26H28N2O2/c1-20-14-16-28(17-15-20)24-12-10-23(11-13-24)27-26(29)22-8-5-9-25(18-22)30-19-21-6-3-2-4-7-21/h2-13,18,20H,14-17,19H2,1H3,(H,27,29). The highest BCUT2D eigenvalue weighted by atomic mass is 16.5. The van der Waals surface area contributed by atoms with Crippen molar-refractivity contribution < 1.29 is 9.53 Å². The fourth-order valence-corrected chi connectivity index (χ4v) is 3.69. The average Bonchev–Trinajstić information content (AvgIpc) is 2.80. The van der Waals surface area contributed by atoms with E-state index in [4.69, 9.17) is 4.74 Å². The topological polar surface area (TPSA) is 41.6 Å². The Kier molecular flexibility index (Phi) is 6.33. The van der Waals surface area contributed by atoms with Gasteiger partial charge in [-0.15, -0.1) is 0 Å². The summed E-state index contributed by atoms with van der Waals surface area (Å²) in [4.78, 5) is 15.1. The zero-order chi connectivity index (χ0) is 20.8. The van der Waals surface area contributed by atoms with Gasteiger partial charge in [-0.25, -0.2) is 0 Å². The number of anilines is 2. The van der Waals surface area contributed by atoms with Gasteiger partial charge in [-0.05, 0) is 66.8 Å². The molecule has 3 aromatic rings. The molecule has 0 aliphatic carbocycles. The van der Waals surface area contributed by atoms with Gasteiger partial charge in [-0.1, -0.05) is 43.3 Å². The zero-order valence-electron chi connectivity index (χ0n) is 17.4. The van der Waals surface area contributed by atoms with E-state index in [1.807, 2.05) is 54.6 Å². The minimum atomic E-state index is -0.139. The van der Waals surface area contributed by atoms with Gasteiger partial charge in [0.1, 0.15) is 12.4 Å². The first kappa shape index (κ1) is 20.0. The number of nitrogens with zero attached hydrogens (tertiary/aromatic N) is 1. The van der Waals surface area contributed by atoms with Crippen LogP contribution >= 0.6 is 0 Å². The summed E-state index contributed by atoms with van der Waals surface area (Å²) in [5.74, 6) is 1.35. The maximum absolute atomic E-state index is 12.7. The molecule has 1 aliphatic rings. The highest BCUT2D eigenvalue weighted by molar-refractivity contribution is 6.04. The van der Waals surface area contributed by atoms with E-state index < -0.39 is 0 Å². The van der Waals surface area contributed by atoms with Crippen LogP contribution in [0.5, 0.6) is 5.75 Å². The van der Waals surface area contributed by atoms with Crippen molar-refractivity contribution in [2.45, 2.75) is 26.4 Å². The van der Waals surface area contributed by atoms with Crippen LogP contribution in [0, 0.1) is 5.92 Å². The molecule has 0 aromatic heterocycles. The van der Waals surface area contributed by atoms with Gasteiger partial charge in [-0.2, -0.15) is 0 Å². The van der Waals surface area contributed by atoms with Crippen LogP contribution in [0.3, 0.4) is 0 Å². The quantitative estimate of drug-likeness (QED) is 0.572. The first-order valence-corrected chi connectivity index (χ1v) is 10.6. The molecular weight excluding hydrogens is 372 g/mol. The van der Waals surface area contributed by atoms with Crippen LogP contribution in [0.2, 0.25) is 0 Å². The number of amides is 1. The fourth-order valence-electron chi connectivity index (χ4n) is 3.69. The number of carbonyl (C=O) groups is 1. The number of rotatable bonds is 6. The van der Waals surface area contributed by atoms with E-state index in [2.05, 4.69) is 29.3 Å². The SMILES string of the molecule is CC1CCN(c2ccc(NC(=O)c3cccc(OCc4ccccc4)c3)cc2)CC1. The summed E-state index contributed by atoms with van der Waals surface area (Å²) in [6.45, 7) is 4.99. The molecule has 1 fully saturated rings.